The van der Waals surface area contributed by atoms with Crippen LogP contribution in [0.3, 0.4) is 0 Å². The maximum Gasteiger partial charge on any atom is 0.309 e. The molecule has 0 saturated carbocycles. The first-order valence-electron chi connectivity index (χ1n) is 5.95. The van der Waals surface area contributed by atoms with E-state index >= 15 is 0 Å². The number of carbonyl (C=O) groups is 1. The molecule has 0 fully saturated rings. The van der Waals surface area contributed by atoms with Crippen LogP contribution < -0.4 is 4.68 Å². The molecule has 0 unspecified atom stereocenters. The van der Waals surface area contributed by atoms with E-state index in [1.165, 1.54) is 0 Å². The third-order valence-electron chi connectivity index (χ3n) is 2.57. The smallest absolute Gasteiger partial charge is 0.309 e. The fraction of sp³-hybridized carbons (Fsp3) is 0.308. The first kappa shape index (κ1) is 13.1. The Bertz CT molecular complexity index is 576. The topological polar surface area (TPSA) is 79.9 Å². The van der Waals surface area contributed by atoms with E-state index in [9.17, 15) is 4.79 Å². The molecular weight excluding hydrogens is 244 g/mol. The molecule has 0 aromatic carbocycles. The molecule has 0 spiro atoms. The van der Waals surface area contributed by atoms with Gasteiger partial charge in [-0.3, -0.25) is 4.79 Å². The summed E-state index contributed by atoms with van der Waals surface area (Å²) in [4.78, 5) is 19.2. The van der Waals surface area contributed by atoms with Gasteiger partial charge in [0.25, 0.3) is 0 Å². The van der Waals surface area contributed by atoms with Crippen molar-refractivity contribution in [2.24, 2.45) is 0 Å². The van der Waals surface area contributed by atoms with E-state index in [1.807, 2.05) is 26.0 Å². The predicted molar refractivity (Wildman–Crippen MR) is 67.2 cm³/mol. The largest absolute Gasteiger partial charge is 0.481 e. The summed E-state index contributed by atoms with van der Waals surface area (Å²) in [7, 11) is 0. The second kappa shape index (κ2) is 5.51. The maximum atomic E-state index is 10.5. The molecule has 0 bridgehead atoms. The van der Waals surface area contributed by atoms with E-state index in [1.54, 1.807) is 17.1 Å². The molecular formula is C13H15N4O2+. The number of hydrogen-bond donors (Lipinski definition) is 1. The third kappa shape index (κ3) is 3.54. The van der Waals surface area contributed by atoms with E-state index < -0.39 is 5.97 Å². The highest BCUT2D eigenvalue weighted by molar-refractivity contribution is 5.66. The molecule has 2 aromatic rings. The molecule has 0 atom stereocenters. The molecule has 2 rings (SSSR count). The number of aromatic nitrogens is 4. The fourth-order valence-electron chi connectivity index (χ4n) is 1.71. The van der Waals surface area contributed by atoms with Gasteiger partial charge in [0.05, 0.1) is 0 Å². The minimum absolute atomic E-state index is 0.0526. The first-order chi connectivity index (χ1) is 9.04. The van der Waals surface area contributed by atoms with Crippen LogP contribution in [-0.2, 0) is 11.3 Å². The van der Waals surface area contributed by atoms with E-state index in [0.29, 0.717) is 12.4 Å². The van der Waals surface area contributed by atoms with Gasteiger partial charge >= 0.3 is 5.97 Å². The van der Waals surface area contributed by atoms with Crippen molar-refractivity contribution < 1.29 is 14.6 Å². The zero-order chi connectivity index (χ0) is 13.8. The molecule has 2 aromatic heterocycles. The van der Waals surface area contributed by atoms with Gasteiger partial charge in [0.1, 0.15) is 12.6 Å². The monoisotopic (exact) mass is 259 g/mol. The highest BCUT2D eigenvalue weighted by Crippen LogP contribution is 2.12. The summed E-state index contributed by atoms with van der Waals surface area (Å²) in [5.74, 6) is -0.202. The van der Waals surface area contributed by atoms with Gasteiger partial charge in [0.15, 0.2) is 18.6 Å². The fourth-order valence-corrected chi connectivity index (χ4v) is 1.71. The Morgan fingerprint density at radius 1 is 1.32 bits per heavy atom. The molecule has 1 N–H and O–H groups in total. The van der Waals surface area contributed by atoms with Crippen molar-refractivity contribution in [1.29, 1.82) is 0 Å². The molecule has 0 saturated heterocycles. The molecule has 0 amide bonds. The van der Waals surface area contributed by atoms with Crippen LogP contribution in [-0.4, -0.2) is 26.1 Å². The van der Waals surface area contributed by atoms with Crippen molar-refractivity contribution >= 4 is 5.97 Å². The average Bonchev–Trinajstić information content (AvgIpc) is 2.36. The maximum absolute atomic E-state index is 10.5. The van der Waals surface area contributed by atoms with E-state index in [-0.39, 0.29) is 6.42 Å². The molecule has 0 aliphatic heterocycles. The lowest BCUT2D eigenvalue weighted by Gasteiger charge is -2.01. The summed E-state index contributed by atoms with van der Waals surface area (Å²) in [5.41, 5.74) is 2.63. The Hall–Kier alpha value is -2.37. The third-order valence-corrected chi connectivity index (χ3v) is 2.57. The molecule has 19 heavy (non-hydrogen) atoms. The van der Waals surface area contributed by atoms with E-state index in [4.69, 9.17) is 5.11 Å². The summed E-state index contributed by atoms with van der Waals surface area (Å²) >= 11 is 0. The highest BCUT2D eigenvalue weighted by atomic mass is 16.4. The Balaban J connectivity index is 2.19. The van der Waals surface area contributed by atoms with Crippen LogP contribution >= 0.6 is 0 Å². The Morgan fingerprint density at radius 2 is 2.00 bits per heavy atom. The summed E-state index contributed by atoms with van der Waals surface area (Å²) in [6.45, 7) is 4.19. The lowest BCUT2D eigenvalue weighted by Crippen LogP contribution is -2.38. The highest BCUT2D eigenvalue weighted by Gasteiger charge is 2.09. The Morgan fingerprint density at radius 3 is 2.53 bits per heavy atom. The van der Waals surface area contributed by atoms with Crippen LogP contribution in [0.5, 0.6) is 0 Å². The molecule has 6 nitrogen and oxygen atoms in total. The minimum Gasteiger partial charge on any atom is -0.481 e. The van der Waals surface area contributed by atoms with E-state index in [0.717, 1.165) is 17.0 Å². The van der Waals surface area contributed by atoms with Gasteiger partial charge in [0, 0.05) is 23.0 Å². The lowest BCUT2D eigenvalue weighted by atomic mass is 10.2. The van der Waals surface area contributed by atoms with Crippen LogP contribution in [0.1, 0.15) is 17.8 Å². The van der Waals surface area contributed by atoms with Gasteiger partial charge in [-0.2, -0.15) is 0 Å². The molecule has 98 valence electrons. The molecule has 0 radical (unpaired) electrons. The molecule has 0 aliphatic carbocycles. The standard InChI is InChI=1S/C13H14N4O2/c1-9-7-10(2)16-13(15-9)11-3-5-17(14-8-11)6-4-12(18)19/h3,5,7-8H,4,6H2,1-2H3/p+1. The number of rotatable bonds is 4. The minimum atomic E-state index is -0.837. The van der Waals surface area contributed by atoms with Gasteiger partial charge in [-0.15, -0.1) is 0 Å². The van der Waals surface area contributed by atoms with Crippen molar-refractivity contribution in [3.8, 4) is 11.4 Å². The normalized spacial score (nSPS) is 10.4. The van der Waals surface area contributed by atoms with Crippen molar-refractivity contribution in [2.45, 2.75) is 26.8 Å². The first-order valence-corrected chi connectivity index (χ1v) is 5.95. The number of aryl methyl sites for hydroxylation is 3. The van der Waals surface area contributed by atoms with Gasteiger partial charge in [-0.1, -0.05) is 4.68 Å². The lowest BCUT2D eigenvalue weighted by molar-refractivity contribution is -0.752. The number of hydrogen-bond acceptors (Lipinski definition) is 4. The van der Waals surface area contributed by atoms with Crippen LogP contribution in [0.4, 0.5) is 0 Å². The van der Waals surface area contributed by atoms with Gasteiger partial charge in [0.2, 0.25) is 0 Å². The SMILES string of the molecule is Cc1cc(C)nc(-c2cc[n+](CCC(=O)O)nc2)n1. The number of carboxylic acid groups (broad SMARTS) is 1. The van der Waals surface area contributed by atoms with Gasteiger partial charge < -0.3 is 5.11 Å². The van der Waals surface area contributed by atoms with Crippen molar-refractivity contribution in [2.75, 3.05) is 0 Å². The van der Waals surface area contributed by atoms with Crippen molar-refractivity contribution in [1.82, 2.24) is 15.1 Å². The van der Waals surface area contributed by atoms with Crippen LogP contribution in [0.15, 0.2) is 24.5 Å². The zero-order valence-electron chi connectivity index (χ0n) is 10.9. The van der Waals surface area contributed by atoms with Crippen molar-refractivity contribution in [3.63, 3.8) is 0 Å². The number of nitrogens with zero attached hydrogens (tertiary/aromatic N) is 4. The second-order valence-electron chi connectivity index (χ2n) is 4.30. The quantitative estimate of drug-likeness (QED) is 0.826. The predicted octanol–water partition coefficient (Wildman–Crippen LogP) is 0.918. The molecule has 6 heteroatoms. The summed E-state index contributed by atoms with van der Waals surface area (Å²) in [6.07, 6.45) is 3.44. The van der Waals surface area contributed by atoms with Gasteiger partial charge in [-0.25, -0.2) is 9.97 Å². The van der Waals surface area contributed by atoms with Crippen molar-refractivity contribution in [3.05, 3.63) is 35.9 Å². The molecule has 2 heterocycles. The Labute approximate surface area is 110 Å². The average molecular weight is 259 g/mol. The number of carboxylic acids is 1. The summed E-state index contributed by atoms with van der Waals surface area (Å²) in [6, 6.07) is 3.75. The summed E-state index contributed by atoms with van der Waals surface area (Å²) in [5, 5.41) is 12.8. The molecule has 0 aliphatic rings. The van der Waals surface area contributed by atoms with E-state index in [2.05, 4.69) is 15.1 Å². The Kier molecular flexibility index (Phi) is 3.79. The zero-order valence-corrected chi connectivity index (χ0v) is 10.9. The summed E-state index contributed by atoms with van der Waals surface area (Å²) < 4.78 is 1.58. The van der Waals surface area contributed by atoms with Crippen LogP contribution in [0.2, 0.25) is 0 Å². The van der Waals surface area contributed by atoms with Crippen LogP contribution in [0.25, 0.3) is 11.4 Å². The van der Waals surface area contributed by atoms with Gasteiger partial charge in [-0.05, 0) is 25.0 Å². The van der Waals surface area contributed by atoms with Crippen LogP contribution in [0, 0.1) is 13.8 Å². The second-order valence-corrected chi connectivity index (χ2v) is 4.30. The number of aliphatic carboxylic acids is 1.